The number of para-hydroxylation sites is 1. The van der Waals surface area contributed by atoms with Crippen molar-refractivity contribution in [1.29, 1.82) is 0 Å². The molecule has 0 spiro atoms. The Bertz CT molecular complexity index is 397. The van der Waals surface area contributed by atoms with E-state index in [9.17, 15) is 0 Å². The molecule has 0 unspecified atom stereocenters. The Balaban J connectivity index is 1.49. The molecule has 116 valence electrons. The lowest BCUT2D eigenvalue weighted by Crippen LogP contribution is -2.39. The van der Waals surface area contributed by atoms with Crippen LogP contribution < -0.4 is 10.2 Å². The molecule has 0 aliphatic heterocycles. The maximum atomic E-state index is 3.88. The summed E-state index contributed by atoms with van der Waals surface area (Å²) in [5.74, 6) is 2.00. The van der Waals surface area contributed by atoms with E-state index in [1.165, 1.54) is 50.8 Å². The topological polar surface area (TPSA) is 15.3 Å². The molecule has 2 saturated carbocycles. The molecule has 1 aromatic rings. The SMILES string of the molecule is CCCCN(CCNC(C1CC1)C1CC1)c1ccccc1. The van der Waals surface area contributed by atoms with Gasteiger partial charge in [-0.25, -0.2) is 0 Å². The first-order valence-electron chi connectivity index (χ1n) is 8.92. The summed E-state index contributed by atoms with van der Waals surface area (Å²) in [7, 11) is 0. The average molecular weight is 286 g/mol. The third-order valence-electron chi connectivity index (χ3n) is 4.92. The zero-order valence-electron chi connectivity index (χ0n) is 13.4. The van der Waals surface area contributed by atoms with Gasteiger partial charge in [0.05, 0.1) is 0 Å². The second kappa shape index (κ2) is 7.31. The van der Waals surface area contributed by atoms with Crippen molar-refractivity contribution in [1.82, 2.24) is 5.32 Å². The van der Waals surface area contributed by atoms with E-state index in [0.29, 0.717) is 0 Å². The van der Waals surface area contributed by atoms with Gasteiger partial charge in [0.1, 0.15) is 0 Å². The summed E-state index contributed by atoms with van der Waals surface area (Å²) < 4.78 is 0. The Morgan fingerprint density at radius 3 is 2.29 bits per heavy atom. The highest BCUT2D eigenvalue weighted by Crippen LogP contribution is 2.44. The largest absolute Gasteiger partial charge is 0.370 e. The lowest BCUT2D eigenvalue weighted by atomic mass is 10.1. The van der Waals surface area contributed by atoms with Crippen molar-refractivity contribution in [3.63, 3.8) is 0 Å². The van der Waals surface area contributed by atoms with E-state index in [1.54, 1.807) is 0 Å². The van der Waals surface area contributed by atoms with E-state index in [1.807, 2.05) is 0 Å². The van der Waals surface area contributed by atoms with Gasteiger partial charge in [-0.2, -0.15) is 0 Å². The molecule has 0 radical (unpaired) electrons. The molecule has 1 N–H and O–H groups in total. The highest BCUT2D eigenvalue weighted by atomic mass is 15.1. The van der Waals surface area contributed by atoms with E-state index in [2.05, 4.69) is 47.5 Å². The van der Waals surface area contributed by atoms with E-state index in [0.717, 1.165) is 31.0 Å². The predicted molar refractivity (Wildman–Crippen MR) is 90.8 cm³/mol. The lowest BCUT2D eigenvalue weighted by Gasteiger charge is -2.26. The van der Waals surface area contributed by atoms with Crippen LogP contribution >= 0.6 is 0 Å². The number of hydrogen-bond acceptors (Lipinski definition) is 2. The number of rotatable bonds is 10. The van der Waals surface area contributed by atoms with Gasteiger partial charge >= 0.3 is 0 Å². The molecular weight excluding hydrogens is 256 g/mol. The number of benzene rings is 1. The number of nitrogens with one attached hydrogen (secondary N) is 1. The van der Waals surface area contributed by atoms with E-state index >= 15 is 0 Å². The van der Waals surface area contributed by atoms with E-state index in [-0.39, 0.29) is 0 Å². The molecule has 2 heteroatoms. The van der Waals surface area contributed by atoms with Gasteiger partial charge in [-0.3, -0.25) is 0 Å². The molecule has 0 heterocycles. The van der Waals surface area contributed by atoms with Crippen molar-refractivity contribution in [3.8, 4) is 0 Å². The minimum atomic E-state index is 0.828. The van der Waals surface area contributed by atoms with Crippen molar-refractivity contribution >= 4 is 5.69 Å². The lowest BCUT2D eigenvalue weighted by molar-refractivity contribution is 0.419. The van der Waals surface area contributed by atoms with Crippen LogP contribution in [0.5, 0.6) is 0 Å². The smallest absolute Gasteiger partial charge is 0.0366 e. The predicted octanol–water partition coefficient (Wildman–Crippen LogP) is 4.07. The number of nitrogens with zero attached hydrogens (tertiary/aromatic N) is 1. The van der Waals surface area contributed by atoms with Crippen LogP contribution in [0.1, 0.15) is 45.4 Å². The van der Waals surface area contributed by atoms with Gasteiger partial charge in [0, 0.05) is 31.4 Å². The second-order valence-corrected chi connectivity index (χ2v) is 6.83. The standard InChI is InChI=1S/C19H30N2/c1-2-3-14-21(18-7-5-4-6-8-18)15-13-20-19(16-9-10-16)17-11-12-17/h4-8,16-17,19-20H,2-3,9-15H2,1H3. The molecule has 0 bridgehead atoms. The number of hydrogen-bond donors (Lipinski definition) is 1. The number of unbranched alkanes of at least 4 members (excludes halogenated alkanes) is 1. The molecule has 2 nitrogen and oxygen atoms in total. The summed E-state index contributed by atoms with van der Waals surface area (Å²) in [5, 5.41) is 3.88. The Morgan fingerprint density at radius 1 is 1.05 bits per heavy atom. The van der Waals surface area contributed by atoms with Crippen molar-refractivity contribution < 1.29 is 0 Å². The van der Waals surface area contributed by atoms with Crippen molar-refractivity contribution in [2.75, 3.05) is 24.5 Å². The molecule has 0 aromatic heterocycles. The number of anilines is 1. The van der Waals surface area contributed by atoms with Gasteiger partial charge in [-0.15, -0.1) is 0 Å². The Kier molecular flexibility index (Phi) is 5.18. The summed E-state index contributed by atoms with van der Waals surface area (Å²) in [4.78, 5) is 2.55. The first-order chi connectivity index (χ1) is 10.4. The maximum Gasteiger partial charge on any atom is 0.0366 e. The fourth-order valence-electron chi connectivity index (χ4n) is 3.35. The Morgan fingerprint density at radius 2 is 1.71 bits per heavy atom. The summed E-state index contributed by atoms with van der Waals surface area (Å²) in [6.45, 7) is 5.73. The minimum Gasteiger partial charge on any atom is -0.370 e. The zero-order chi connectivity index (χ0) is 14.5. The quantitative estimate of drug-likeness (QED) is 0.697. The Labute approximate surface area is 129 Å². The zero-order valence-corrected chi connectivity index (χ0v) is 13.4. The van der Waals surface area contributed by atoms with Crippen LogP contribution in [-0.2, 0) is 0 Å². The summed E-state index contributed by atoms with van der Waals surface area (Å²) in [6.07, 6.45) is 8.41. The van der Waals surface area contributed by atoms with Crippen LogP contribution in [0.3, 0.4) is 0 Å². The normalized spacial score (nSPS) is 18.2. The highest BCUT2D eigenvalue weighted by molar-refractivity contribution is 5.45. The Hall–Kier alpha value is -1.02. The minimum absolute atomic E-state index is 0.828. The van der Waals surface area contributed by atoms with Gasteiger partial charge in [-0.1, -0.05) is 31.5 Å². The van der Waals surface area contributed by atoms with Crippen LogP contribution in [-0.4, -0.2) is 25.7 Å². The fraction of sp³-hybridized carbons (Fsp3) is 0.684. The van der Waals surface area contributed by atoms with Crippen LogP contribution in [0.4, 0.5) is 5.69 Å². The fourth-order valence-corrected chi connectivity index (χ4v) is 3.35. The van der Waals surface area contributed by atoms with Crippen molar-refractivity contribution in [2.24, 2.45) is 11.8 Å². The molecule has 3 rings (SSSR count). The van der Waals surface area contributed by atoms with E-state index in [4.69, 9.17) is 0 Å². The third-order valence-corrected chi connectivity index (χ3v) is 4.92. The van der Waals surface area contributed by atoms with Crippen molar-refractivity contribution in [2.45, 2.75) is 51.5 Å². The molecule has 1 aromatic carbocycles. The first kappa shape index (κ1) is 14.9. The van der Waals surface area contributed by atoms with Crippen LogP contribution in [0.25, 0.3) is 0 Å². The third kappa shape index (κ3) is 4.47. The molecule has 0 saturated heterocycles. The maximum absolute atomic E-state index is 3.88. The van der Waals surface area contributed by atoms with Gasteiger partial charge < -0.3 is 10.2 Å². The molecule has 0 atom stereocenters. The first-order valence-corrected chi connectivity index (χ1v) is 8.92. The van der Waals surface area contributed by atoms with Crippen molar-refractivity contribution in [3.05, 3.63) is 30.3 Å². The van der Waals surface area contributed by atoms with E-state index < -0.39 is 0 Å². The molecule has 2 aliphatic rings. The molecule has 0 amide bonds. The van der Waals surface area contributed by atoms with Crippen LogP contribution in [0, 0.1) is 11.8 Å². The molecule has 2 fully saturated rings. The average Bonchev–Trinajstić information content (AvgIpc) is 3.40. The molecule has 2 aliphatic carbocycles. The monoisotopic (exact) mass is 286 g/mol. The highest BCUT2D eigenvalue weighted by Gasteiger charge is 2.40. The van der Waals surface area contributed by atoms with Crippen LogP contribution in [0.15, 0.2) is 30.3 Å². The van der Waals surface area contributed by atoms with Gasteiger partial charge in [0.2, 0.25) is 0 Å². The van der Waals surface area contributed by atoms with Gasteiger partial charge in [-0.05, 0) is 56.1 Å². The summed E-state index contributed by atoms with van der Waals surface area (Å²) in [6, 6.07) is 11.7. The summed E-state index contributed by atoms with van der Waals surface area (Å²) in [5.41, 5.74) is 1.38. The van der Waals surface area contributed by atoms with Gasteiger partial charge in [0.15, 0.2) is 0 Å². The van der Waals surface area contributed by atoms with Crippen LogP contribution in [0.2, 0.25) is 0 Å². The molecule has 21 heavy (non-hydrogen) atoms. The summed E-state index contributed by atoms with van der Waals surface area (Å²) >= 11 is 0. The second-order valence-electron chi connectivity index (χ2n) is 6.83. The van der Waals surface area contributed by atoms with Gasteiger partial charge in [0.25, 0.3) is 0 Å². The molecular formula is C19H30N2.